The van der Waals surface area contributed by atoms with E-state index in [1.54, 1.807) is 0 Å². The molecule has 0 radical (unpaired) electrons. The van der Waals surface area contributed by atoms with E-state index in [-0.39, 0.29) is 17.4 Å². The Morgan fingerprint density at radius 1 is 1.27 bits per heavy atom. The Morgan fingerprint density at radius 2 is 1.67 bits per heavy atom. The summed E-state index contributed by atoms with van der Waals surface area (Å²) >= 11 is 0. The molecule has 0 aromatic rings. The van der Waals surface area contributed by atoms with Gasteiger partial charge in [-0.15, -0.1) is 0 Å². The molecule has 2 N–H and O–H groups in total. The van der Waals surface area contributed by atoms with Gasteiger partial charge in [0.05, 0.1) is 5.41 Å². The van der Waals surface area contributed by atoms with E-state index < -0.39 is 5.41 Å². The number of rotatable bonds is 3. The molecule has 0 rings (SSSR count). The lowest BCUT2D eigenvalue weighted by Gasteiger charge is -2.39. The quantitative estimate of drug-likeness (QED) is 0.779. The van der Waals surface area contributed by atoms with Gasteiger partial charge in [-0.05, 0) is 26.2 Å². The van der Waals surface area contributed by atoms with Crippen LogP contribution in [0.15, 0.2) is 0 Å². The van der Waals surface area contributed by atoms with Gasteiger partial charge in [-0.3, -0.25) is 4.79 Å². The summed E-state index contributed by atoms with van der Waals surface area (Å²) in [6, 6.07) is 0.204. The van der Waals surface area contributed by atoms with Crippen molar-refractivity contribution in [3.8, 4) is 0 Å². The fraction of sp³-hybridized carbons (Fsp3) is 0.917. The van der Waals surface area contributed by atoms with Gasteiger partial charge in [-0.1, -0.05) is 20.8 Å². The average Bonchev–Trinajstić information content (AvgIpc) is 2.12. The van der Waals surface area contributed by atoms with E-state index in [1.807, 2.05) is 25.8 Å². The number of hydrogen-bond donors (Lipinski definition) is 1. The first-order valence-corrected chi connectivity index (χ1v) is 5.51. The van der Waals surface area contributed by atoms with Crippen LogP contribution in [-0.2, 0) is 4.79 Å². The summed E-state index contributed by atoms with van der Waals surface area (Å²) in [6.07, 6.45) is 0. The summed E-state index contributed by atoms with van der Waals surface area (Å²) in [4.78, 5) is 13.9. The van der Waals surface area contributed by atoms with Gasteiger partial charge in [0, 0.05) is 19.6 Å². The normalized spacial score (nSPS) is 14.9. The van der Waals surface area contributed by atoms with Crippen LogP contribution in [0.25, 0.3) is 0 Å². The Kier molecular flexibility index (Phi) is 4.35. The van der Waals surface area contributed by atoms with Gasteiger partial charge < -0.3 is 10.6 Å². The zero-order valence-electron chi connectivity index (χ0n) is 11.2. The molecule has 0 aromatic carbocycles. The zero-order chi connectivity index (χ0) is 12.4. The van der Waals surface area contributed by atoms with Crippen LogP contribution in [0.5, 0.6) is 0 Å². The van der Waals surface area contributed by atoms with Crippen molar-refractivity contribution in [1.82, 2.24) is 4.90 Å². The molecule has 0 saturated carbocycles. The molecule has 0 aromatic heterocycles. The molecule has 0 bridgehead atoms. The molecule has 0 fully saturated rings. The van der Waals surface area contributed by atoms with Crippen molar-refractivity contribution in [1.29, 1.82) is 0 Å². The summed E-state index contributed by atoms with van der Waals surface area (Å²) in [5, 5.41) is 0. The number of nitrogens with two attached hydrogens (primary N) is 1. The average molecular weight is 214 g/mol. The van der Waals surface area contributed by atoms with Crippen LogP contribution in [0.1, 0.15) is 41.5 Å². The first-order chi connectivity index (χ1) is 6.54. The molecular formula is C12H26N2O. The highest BCUT2D eigenvalue weighted by Gasteiger charge is 2.34. The molecular weight excluding hydrogens is 188 g/mol. The lowest BCUT2D eigenvalue weighted by atomic mass is 9.84. The molecule has 1 unspecified atom stereocenters. The Hall–Kier alpha value is -0.570. The van der Waals surface area contributed by atoms with E-state index in [2.05, 4.69) is 27.7 Å². The van der Waals surface area contributed by atoms with Crippen molar-refractivity contribution in [3.05, 3.63) is 0 Å². The third-order valence-electron chi connectivity index (χ3n) is 3.24. The Balaban J connectivity index is 4.74. The molecule has 0 aliphatic rings. The van der Waals surface area contributed by atoms with Gasteiger partial charge in [0.15, 0.2) is 0 Å². The SMILES string of the molecule is CC(N(C)C(=O)C(C)(C)CN)C(C)(C)C. The van der Waals surface area contributed by atoms with Crippen LogP contribution in [0.4, 0.5) is 0 Å². The van der Waals surface area contributed by atoms with Crippen LogP contribution in [0.2, 0.25) is 0 Å². The number of amides is 1. The molecule has 0 spiro atoms. The predicted molar refractivity (Wildman–Crippen MR) is 64.5 cm³/mol. The van der Waals surface area contributed by atoms with E-state index in [0.29, 0.717) is 6.54 Å². The Labute approximate surface area is 94.0 Å². The molecule has 3 nitrogen and oxygen atoms in total. The maximum atomic E-state index is 12.1. The summed E-state index contributed by atoms with van der Waals surface area (Å²) < 4.78 is 0. The molecule has 0 aliphatic carbocycles. The highest BCUT2D eigenvalue weighted by molar-refractivity contribution is 5.82. The fourth-order valence-electron chi connectivity index (χ4n) is 1.32. The van der Waals surface area contributed by atoms with Crippen LogP contribution >= 0.6 is 0 Å². The summed E-state index contributed by atoms with van der Waals surface area (Å²) in [6.45, 7) is 12.6. The van der Waals surface area contributed by atoms with Crippen LogP contribution < -0.4 is 5.73 Å². The maximum Gasteiger partial charge on any atom is 0.229 e. The van der Waals surface area contributed by atoms with Crippen molar-refractivity contribution in [2.24, 2.45) is 16.6 Å². The van der Waals surface area contributed by atoms with Crippen molar-refractivity contribution >= 4 is 5.91 Å². The number of nitrogens with zero attached hydrogens (tertiary/aromatic N) is 1. The van der Waals surface area contributed by atoms with E-state index in [1.165, 1.54) is 0 Å². The standard InChI is InChI=1S/C12H26N2O/c1-9(11(2,3)4)14(7)10(15)12(5,6)8-13/h9H,8,13H2,1-7H3. The fourth-order valence-corrected chi connectivity index (χ4v) is 1.32. The third-order valence-corrected chi connectivity index (χ3v) is 3.24. The molecule has 1 amide bonds. The van der Waals surface area contributed by atoms with Gasteiger partial charge in [0.1, 0.15) is 0 Å². The van der Waals surface area contributed by atoms with Gasteiger partial charge in [-0.25, -0.2) is 0 Å². The first-order valence-electron chi connectivity index (χ1n) is 5.51. The van der Waals surface area contributed by atoms with Gasteiger partial charge in [-0.2, -0.15) is 0 Å². The first kappa shape index (κ1) is 14.4. The summed E-state index contributed by atoms with van der Waals surface area (Å²) in [7, 11) is 1.86. The maximum absolute atomic E-state index is 12.1. The van der Waals surface area contributed by atoms with Crippen molar-refractivity contribution in [3.63, 3.8) is 0 Å². The van der Waals surface area contributed by atoms with Crippen LogP contribution in [-0.4, -0.2) is 30.4 Å². The van der Waals surface area contributed by atoms with E-state index in [4.69, 9.17) is 5.73 Å². The van der Waals surface area contributed by atoms with Gasteiger partial charge in [0.2, 0.25) is 5.91 Å². The molecule has 15 heavy (non-hydrogen) atoms. The van der Waals surface area contributed by atoms with Crippen LogP contribution in [0.3, 0.4) is 0 Å². The Bertz CT molecular complexity index is 228. The van der Waals surface area contributed by atoms with E-state index in [0.717, 1.165) is 0 Å². The minimum absolute atomic E-state index is 0.0923. The monoisotopic (exact) mass is 214 g/mol. The van der Waals surface area contributed by atoms with Gasteiger partial charge >= 0.3 is 0 Å². The third kappa shape index (κ3) is 3.49. The summed E-state index contributed by atoms with van der Waals surface area (Å²) in [5.41, 5.74) is 5.24. The Morgan fingerprint density at radius 3 is 1.93 bits per heavy atom. The topological polar surface area (TPSA) is 46.3 Å². The molecule has 0 aliphatic heterocycles. The van der Waals surface area contributed by atoms with Gasteiger partial charge in [0.25, 0.3) is 0 Å². The summed E-state index contributed by atoms with van der Waals surface area (Å²) in [5.74, 6) is 0.118. The molecule has 3 heteroatoms. The number of carbonyl (C=O) groups excluding carboxylic acids is 1. The number of hydrogen-bond acceptors (Lipinski definition) is 2. The number of carbonyl (C=O) groups is 1. The van der Waals surface area contributed by atoms with Crippen LogP contribution in [0, 0.1) is 10.8 Å². The lowest BCUT2D eigenvalue weighted by molar-refractivity contribution is -0.142. The van der Waals surface area contributed by atoms with Crippen molar-refractivity contribution < 1.29 is 4.79 Å². The second kappa shape index (κ2) is 4.52. The second-order valence-corrected chi connectivity index (χ2v) is 6.05. The molecule has 0 saturated heterocycles. The largest absolute Gasteiger partial charge is 0.342 e. The smallest absolute Gasteiger partial charge is 0.229 e. The highest BCUT2D eigenvalue weighted by atomic mass is 16.2. The zero-order valence-corrected chi connectivity index (χ0v) is 11.2. The molecule has 1 atom stereocenters. The molecule has 90 valence electrons. The minimum Gasteiger partial charge on any atom is -0.342 e. The lowest BCUT2D eigenvalue weighted by Crippen LogP contribution is -2.50. The predicted octanol–water partition coefficient (Wildman–Crippen LogP) is 1.86. The van der Waals surface area contributed by atoms with Crippen molar-refractivity contribution in [2.45, 2.75) is 47.6 Å². The highest BCUT2D eigenvalue weighted by Crippen LogP contribution is 2.26. The minimum atomic E-state index is -0.464. The van der Waals surface area contributed by atoms with E-state index >= 15 is 0 Å². The second-order valence-electron chi connectivity index (χ2n) is 6.05. The van der Waals surface area contributed by atoms with E-state index in [9.17, 15) is 4.79 Å². The van der Waals surface area contributed by atoms with Crippen molar-refractivity contribution in [2.75, 3.05) is 13.6 Å². The molecule has 0 heterocycles.